The molecule has 0 saturated heterocycles. The quantitative estimate of drug-likeness (QED) is 0.232. The van der Waals surface area contributed by atoms with Crippen LogP contribution in [0.25, 0.3) is 0 Å². The zero-order valence-corrected chi connectivity index (χ0v) is 26.6. The van der Waals surface area contributed by atoms with Gasteiger partial charge in [-0.05, 0) is 94.0 Å². The third-order valence-corrected chi connectivity index (χ3v) is 9.19. The molecule has 10 heteroatoms. The molecule has 1 atom stereocenters. The van der Waals surface area contributed by atoms with Crippen molar-refractivity contribution in [2.45, 2.75) is 62.4 Å². The number of hydrogen-bond acceptors (Lipinski definition) is 6. The molecule has 0 aliphatic rings. The predicted molar refractivity (Wildman–Crippen MR) is 170 cm³/mol. The highest BCUT2D eigenvalue weighted by Gasteiger charge is 2.33. The Balaban J connectivity index is 2.02. The van der Waals surface area contributed by atoms with Gasteiger partial charge < -0.3 is 15.0 Å². The minimum atomic E-state index is -4.14. The number of sulfonamides is 1. The monoisotopic (exact) mass is 611 g/mol. The normalized spacial score (nSPS) is 12.0. The highest BCUT2D eigenvalue weighted by Crippen LogP contribution is 2.28. The van der Waals surface area contributed by atoms with E-state index in [-0.39, 0.29) is 23.4 Å². The summed E-state index contributed by atoms with van der Waals surface area (Å²) in [5, 5.41) is 2.92. The number of ether oxygens (including phenoxy) is 1. The van der Waals surface area contributed by atoms with E-state index in [0.29, 0.717) is 30.9 Å². The van der Waals surface area contributed by atoms with Crippen LogP contribution in [-0.2, 0) is 26.0 Å². The Morgan fingerprint density at radius 2 is 1.57 bits per heavy atom. The molecular formula is C32H41N3O5S2. The Hall–Kier alpha value is -3.50. The minimum Gasteiger partial charge on any atom is -0.494 e. The average molecular weight is 612 g/mol. The van der Waals surface area contributed by atoms with Crippen molar-refractivity contribution >= 4 is 39.3 Å². The molecule has 0 aliphatic heterocycles. The molecule has 3 rings (SSSR count). The van der Waals surface area contributed by atoms with Crippen molar-refractivity contribution in [3.8, 4) is 5.75 Å². The van der Waals surface area contributed by atoms with E-state index < -0.39 is 28.5 Å². The number of benzene rings is 3. The predicted octanol–water partition coefficient (Wildman–Crippen LogP) is 5.38. The first-order valence-electron chi connectivity index (χ1n) is 14.1. The lowest BCUT2D eigenvalue weighted by Crippen LogP contribution is -2.54. The molecule has 1 unspecified atom stereocenters. The van der Waals surface area contributed by atoms with E-state index in [2.05, 4.69) is 5.32 Å². The van der Waals surface area contributed by atoms with Crippen molar-refractivity contribution in [3.63, 3.8) is 0 Å². The van der Waals surface area contributed by atoms with Crippen LogP contribution in [0.15, 0.2) is 88.7 Å². The molecule has 0 spiro atoms. The fourth-order valence-electron chi connectivity index (χ4n) is 4.56. The molecule has 42 heavy (non-hydrogen) atoms. The molecule has 8 nitrogen and oxygen atoms in total. The van der Waals surface area contributed by atoms with Crippen molar-refractivity contribution in [1.29, 1.82) is 0 Å². The highest BCUT2D eigenvalue weighted by molar-refractivity contribution is 7.98. The lowest BCUT2D eigenvalue weighted by Gasteiger charge is -2.33. The maximum absolute atomic E-state index is 14.1. The third-order valence-electron chi connectivity index (χ3n) is 6.66. The number of amides is 2. The van der Waals surface area contributed by atoms with Gasteiger partial charge in [-0.25, -0.2) is 8.42 Å². The summed E-state index contributed by atoms with van der Waals surface area (Å²) in [7, 11) is -4.14. The second-order valence-electron chi connectivity index (χ2n) is 10.0. The van der Waals surface area contributed by atoms with Crippen molar-refractivity contribution in [2.75, 3.05) is 30.3 Å². The number of rotatable bonds is 15. The van der Waals surface area contributed by atoms with Crippen molar-refractivity contribution in [3.05, 3.63) is 84.4 Å². The van der Waals surface area contributed by atoms with Gasteiger partial charge in [0.05, 0.1) is 17.2 Å². The van der Waals surface area contributed by atoms with Crippen LogP contribution in [0.5, 0.6) is 5.75 Å². The maximum Gasteiger partial charge on any atom is 0.264 e. The van der Waals surface area contributed by atoms with Crippen molar-refractivity contribution < 1.29 is 22.7 Å². The molecule has 0 aliphatic carbocycles. The number of nitrogens with one attached hydrogen (secondary N) is 1. The minimum absolute atomic E-state index is 0.0717. The summed E-state index contributed by atoms with van der Waals surface area (Å²) in [5.74, 6) is -0.137. The summed E-state index contributed by atoms with van der Waals surface area (Å²) >= 11 is 1.51. The SMILES string of the molecule is CCOc1ccc(N(CC(=O)N(CCc2ccccc2)C(CC)C(=O)NC(C)C)S(=O)(=O)c2ccc(SC)cc2)cc1. The van der Waals surface area contributed by atoms with Gasteiger partial charge in [-0.1, -0.05) is 37.3 Å². The molecule has 0 bridgehead atoms. The largest absolute Gasteiger partial charge is 0.494 e. The fraction of sp³-hybridized carbons (Fsp3) is 0.375. The van der Waals surface area contributed by atoms with Gasteiger partial charge in [-0.3, -0.25) is 13.9 Å². The number of carbonyl (C=O) groups excluding carboxylic acids is 2. The molecule has 0 heterocycles. The first-order chi connectivity index (χ1) is 20.1. The van der Waals surface area contributed by atoms with E-state index in [1.165, 1.54) is 16.7 Å². The molecule has 2 amide bonds. The van der Waals surface area contributed by atoms with Crippen LogP contribution in [-0.4, -0.2) is 63.2 Å². The van der Waals surface area contributed by atoms with Gasteiger partial charge in [-0.15, -0.1) is 11.8 Å². The van der Waals surface area contributed by atoms with E-state index in [1.54, 1.807) is 48.5 Å². The Morgan fingerprint density at radius 1 is 0.929 bits per heavy atom. The maximum atomic E-state index is 14.1. The molecule has 1 N–H and O–H groups in total. The van der Waals surface area contributed by atoms with Crippen LogP contribution in [0.2, 0.25) is 0 Å². The second kappa shape index (κ2) is 15.7. The van der Waals surface area contributed by atoms with Crippen LogP contribution in [0, 0.1) is 0 Å². The molecule has 0 fully saturated rings. The van der Waals surface area contributed by atoms with E-state index in [9.17, 15) is 18.0 Å². The zero-order chi connectivity index (χ0) is 30.7. The standard InChI is InChI=1S/C32H41N3O5S2/c1-6-30(32(37)33-24(3)4)34(22-21-25-11-9-8-10-12-25)31(36)23-35(26-13-15-27(16-14-26)40-7-2)42(38,39)29-19-17-28(41-5)18-20-29/h8-20,24,30H,6-7,21-23H2,1-5H3,(H,33,37). The van der Waals surface area contributed by atoms with E-state index in [4.69, 9.17) is 4.74 Å². The van der Waals surface area contributed by atoms with E-state index in [1.807, 2.05) is 64.3 Å². The highest BCUT2D eigenvalue weighted by atomic mass is 32.2. The number of carbonyl (C=O) groups is 2. The molecule has 3 aromatic rings. The van der Waals surface area contributed by atoms with Crippen LogP contribution in [0.4, 0.5) is 5.69 Å². The van der Waals surface area contributed by atoms with Crippen LogP contribution < -0.4 is 14.4 Å². The number of nitrogens with zero attached hydrogens (tertiary/aromatic N) is 2. The first-order valence-corrected chi connectivity index (χ1v) is 16.8. The average Bonchev–Trinajstić information content (AvgIpc) is 2.98. The van der Waals surface area contributed by atoms with Gasteiger partial charge in [0.25, 0.3) is 10.0 Å². The first kappa shape index (κ1) is 33.0. The molecular weight excluding hydrogens is 571 g/mol. The summed E-state index contributed by atoms with van der Waals surface area (Å²) in [5.41, 5.74) is 1.34. The third kappa shape index (κ3) is 8.75. The van der Waals surface area contributed by atoms with Crippen LogP contribution in [0.1, 0.15) is 39.7 Å². The van der Waals surface area contributed by atoms with Crippen molar-refractivity contribution in [1.82, 2.24) is 10.2 Å². The fourth-order valence-corrected chi connectivity index (χ4v) is 6.38. The number of hydrogen-bond donors (Lipinski definition) is 1. The van der Waals surface area contributed by atoms with E-state index in [0.717, 1.165) is 14.8 Å². The van der Waals surface area contributed by atoms with Gasteiger partial charge in [0.1, 0.15) is 18.3 Å². The smallest absolute Gasteiger partial charge is 0.264 e. The van der Waals surface area contributed by atoms with E-state index >= 15 is 0 Å². The van der Waals surface area contributed by atoms with Gasteiger partial charge in [0, 0.05) is 17.5 Å². The Labute approximate surface area is 254 Å². The molecule has 0 saturated carbocycles. The van der Waals surface area contributed by atoms with Gasteiger partial charge in [0.2, 0.25) is 11.8 Å². The van der Waals surface area contributed by atoms with Gasteiger partial charge >= 0.3 is 0 Å². The Morgan fingerprint density at radius 3 is 2.12 bits per heavy atom. The zero-order valence-electron chi connectivity index (χ0n) is 24.9. The van der Waals surface area contributed by atoms with Gasteiger partial charge in [-0.2, -0.15) is 0 Å². The van der Waals surface area contributed by atoms with Crippen molar-refractivity contribution in [2.24, 2.45) is 0 Å². The lowest BCUT2D eigenvalue weighted by molar-refractivity contribution is -0.139. The Bertz CT molecular complexity index is 1400. The van der Waals surface area contributed by atoms with Crippen LogP contribution in [0.3, 0.4) is 0 Å². The molecule has 0 aromatic heterocycles. The topological polar surface area (TPSA) is 96.0 Å². The number of thioether (sulfide) groups is 1. The Kier molecular flexibility index (Phi) is 12.3. The number of anilines is 1. The summed E-state index contributed by atoms with van der Waals surface area (Å²) in [6, 6.07) is 22.0. The van der Waals surface area contributed by atoms with Crippen LogP contribution >= 0.6 is 11.8 Å². The molecule has 0 radical (unpaired) electrons. The van der Waals surface area contributed by atoms with Gasteiger partial charge in [0.15, 0.2) is 0 Å². The lowest BCUT2D eigenvalue weighted by atomic mass is 10.1. The summed E-state index contributed by atoms with van der Waals surface area (Å²) < 4.78 is 34.7. The summed E-state index contributed by atoms with van der Waals surface area (Å²) in [4.78, 5) is 29.8. The molecule has 226 valence electrons. The summed E-state index contributed by atoms with van der Waals surface area (Å²) in [6.07, 6.45) is 2.81. The second-order valence-corrected chi connectivity index (χ2v) is 12.8. The molecule has 3 aromatic carbocycles. The summed E-state index contributed by atoms with van der Waals surface area (Å²) in [6.45, 7) is 7.70.